The first-order valence-corrected chi connectivity index (χ1v) is 10.6. The third kappa shape index (κ3) is 5.60. The normalized spacial score (nSPS) is 19.3. The van der Waals surface area contributed by atoms with Crippen molar-refractivity contribution < 1.29 is 19.0 Å². The highest BCUT2D eigenvalue weighted by atomic mass is 79.9. The van der Waals surface area contributed by atoms with Gasteiger partial charge in [0.2, 0.25) is 0 Å². The van der Waals surface area contributed by atoms with Gasteiger partial charge in [-0.3, -0.25) is 4.98 Å². The number of aryl methyl sites for hydroxylation is 1. The fraction of sp³-hybridized carbons (Fsp3) is 0.545. The minimum Gasteiger partial charge on any atom is -0.490 e. The molecule has 2 heterocycles. The van der Waals surface area contributed by atoms with Crippen LogP contribution >= 0.6 is 15.9 Å². The number of hydrogen-bond acceptors (Lipinski definition) is 5. The van der Waals surface area contributed by atoms with Gasteiger partial charge in [0.25, 0.3) is 0 Å². The van der Waals surface area contributed by atoms with Gasteiger partial charge >= 0.3 is 6.09 Å². The lowest BCUT2D eigenvalue weighted by Gasteiger charge is -2.42. The predicted octanol–water partition coefficient (Wildman–Crippen LogP) is 5.10. The van der Waals surface area contributed by atoms with E-state index in [0.717, 1.165) is 26.7 Å². The number of amides is 1. The Balaban J connectivity index is 1.76. The molecule has 6 nitrogen and oxygen atoms in total. The summed E-state index contributed by atoms with van der Waals surface area (Å²) in [5.74, 6) is 0.746. The summed E-state index contributed by atoms with van der Waals surface area (Å²) >= 11 is 3.53. The zero-order valence-corrected chi connectivity index (χ0v) is 19.5. The van der Waals surface area contributed by atoms with Gasteiger partial charge in [-0.15, -0.1) is 0 Å². The van der Waals surface area contributed by atoms with Gasteiger partial charge in [-0.05, 0) is 65.3 Å². The Morgan fingerprint density at radius 1 is 1.38 bits per heavy atom. The van der Waals surface area contributed by atoms with Crippen LogP contribution in [0.1, 0.15) is 40.2 Å². The molecule has 1 aliphatic rings. The van der Waals surface area contributed by atoms with Gasteiger partial charge in [-0.1, -0.05) is 15.9 Å². The average molecular weight is 465 g/mol. The minimum absolute atomic E-state index is 0.266. The summed E-state index contributed by atoms with van der Waals surface area (Å²) in [4.78, 5) is 18.7. The van der Waals surface area contributed by atoms with Gasteiger partial charge in [0, 0.05) is 16.1 Å². The van der Waals surface area contributed by atoms with Crippen molar-refractivity contribution in [2.24, 2.45) is 0 Å². The van der Waals surface area contributed by atoms with Gasteiger partial charge in [0.15, 0.2) is 0 Å². The van der Waals surface area contributed by atoms with Gasteiger partial charge in [0.05, 0.1) is 24.2 Å². The van der Waals surface area contributed by atoms with Crippen LogP contribution in [0.3, 0.4) is 0 Å². The topological polar surface area (TPSA) is 60.9 Å². The number of halogens is 1. The van der Waals surface area contributed by atoms with Crippen LogP contribution in [0.2, 0.25) is 0 Å². The van der Waals surface area contributed by atoms with E-state index in [9.17, 15) is 4.79 Å². The van der Waals surface area contributed by atoms with Crippen molar-refractivity contribution >= 4 is 32.9 Å². The molecule has 0 N–H and O–H groups in total. The molecule has 2 aromatic rings. The summed E-state index contributed by atoms with van der Waals surface area (Å²) in [6.45, 7) is 12.8. The zero-order valence-electron chi connectivity index (χ0n) is 17.9. The molecule has 1 amide bonds. The Bertz CT molecular complexity index is 908. The molecule has 1 atom stereocenters. The lowest BCUT2D eigenvalue weighted by Crippen LogP contribution is -2.56. The summed E-state index contributed by atoms with van der Waals surface area (Å²) in [6.07, 6.45) is 1.20. The van der Waals surface area contributed by atoms with Crippen LogP contribution in [0.15, 0.2) is 28.9 Å². The summed E-state index contributed by atoms with van der Waals surface area (Å²) in [5.41, 5.74) is 0.943. The third-order valence-corrected chi connectivity index (χ3v) is 4.99. The van der Waals surface area contributed by atoms with Crippen molar-refractivity contribution in [3.05, 3.63) is 34.4 Å². The molecule has 1 fully saturated rings. The van der Waals surface area contributed by atoms with Gasteiger partial charge < -0.3 is 19.1 Å². The zero-order chi connectivity index (χ0) is 21.4. The molecule has 29 heavy (non-hydrogen) atoms. The van der Waals surface area contributed by atoms with Crippen LogP contribution in [-0.2, 0) is 9.47 Å². The number of hydrogen-bond donors (Lipinski definition) is 0. The van der Waals surface area contributed by atoms with Crippen LogP contribution < -0.4 is 4.74 Å². The molecular formula is C22H29BrN2O4. The van der Waals surface area contributed by atoms with Crippen molar-refractivity contribution in [2.75, 3.05) is 19.7 Å². The Morgan fingerprint density at radius 2 is 2.10 bits per heavy atom. The highest BCUT2D eigenvalue weighted by molar-refractivity contribution is 9.10. The maximum absolute atomic E-state index is 12.6. The molecule has 1 aromatic carbocycles. The quantitative estimate of drug-likeness (QED) is 0.632. The predicted molar refractivity (Wildman–Crippen MR) is 116 cm³/mol. The first-order valence-electron chi connectivity index (χ1n) is 9.77. The summed E-state index contributed by atoms with van der Waals surface area (Å²) in [7, 11) is 0. The van der Waals surface area contributed by atoms with E-state index in [0.29, 0.717) is 19.7 Å². The number of benzene rings is 1. The second kappa shape index (κ2) is 8.11. The lowest BCUT2D eigenvalue weighted by molar-refractivity contribution is -0.143. The molecule has 0 spiro atoms. The minimum atomic E-state index is -0.536. The van der Waals surface area contributed by atoms with Gasteiger partial charge in [-0.25, -0.2) is 4.79 Å². The highest BCUT2D eigenvalue weighted by Gasteiger charge is 2.37. The number of carbonyl (C=O) groups excluding carboxylic acids is 1. The molecule has 0 saturated carbocycles. The molecule has 0 unspecified atom stereocenters. The summed E-state index contributed by atoms with van der Waals surface area (Å²) in [5, 5.41) is 0.981. The summed E-state index contributed by atoms with van der Waals surface area (Å²) < 4.78 is 18.8. The molecule has 1 aliphatic heterocycles. The van der Waals surface area contributed by atoms with Crippen LogP contribution in [-0.4, -0.2) is 53.0 Å². The summed E-state index contributed by atoms with van der Waals surface area (Å²) in [6, 6.07) is 5.88. The number of aromatic nitrogens is 1. The Labute approximate surface area is 180 Å². The lowest BCUT2D eigenvalue weighted by atomic mass is 10.1. The molecule has 3 rings (SSSR count). The first-order chi connectivity index (χ1) is 13.4. The largest absolute Gasteiger partial charge is 0.490 e. The van der Waals surface area contributed by atoms with E-state index in [4.69, 9.17) is 14.2 Å². The molecule has 7 heteroatoms. The smallest absolute Gasteiger partial charge is 0.410 e. The standard InChI is InChI=1S/C22H29BrN2O4/c1-14-7-8-24-17-9-15(23)10-18(19(14)17)27-12-16-11-25(13-22(5,6)28-16)20(26)29-21(2,3)4/h7-10,16H,11-13H2,1-6H3/t16-/m0/s1. The van der Waals surface area contributed by atoms with E-state index >= 15 is 0 Å². The molecule has 0 radical (unpaired) electrons. The number of pyridine rings is 1. The molecule has 1 aromatic heterocycles. The van der Waals surface area contributed by atoms with E-state index in [-0.39, 0.29) is 12.2 Å². The maximum Gasteiger partial charge on any atom is 0.410 e. The van der Waals surface area contributed by atoms with E-state index < -0.39 is 11.2 Å². The van der Waals surface area contributed by atoms with Crippen molar-refractivity contribution in [1.82, 2.24) is 9.88 Å². The SMILES string of the molecule is Cc1ccnc2cc(Br)cc(OC[C@@H]3CN(C(=O)OC(C)(C)C)CC(C)(C)O3)c12. The second-order valence-corrected chi connectivity index (χ2v) is 10.0. The third-order valence-electron chi connectivity index (χ3n) is 4.54. The molecule has 1 saturated heterocycles. The van der Waals surface area contributed by atoms with Crippen molar-refractivity contribution in [3.8, 4) is 5.75 Å². The van der Waals surface area contributed by atoms with Crippen molar-refractivity contribution in [2.45, 2.75) is 58.8 Å². The van der Waals surface area contributed by atoms with Crippen molar-refractivity contribution in [3.63, 3.8) is 0 Å². The van der Waals surface area contributed by atoms with Crippen molar-refractivity contribution in [1.29, 1.82) is 0 Å². The monoisotopic (exact) mass is 464 g/mol. The maximum atomic E-state index is 12.6. The number of fused-ring (bicyclic) bond motifs is 1. The fourth-order valence-electron chi connectivity index (χ4n) is 3.52. The first kappa shape index (κ1) is 21.8. The Kier molecular flexibility index (Phi) is 6.11. The van der Waals surface area contributed by atoms with Gasteiger partial charge in [-0.2, -0.15) is 0 Å². The molecule has 0 bridgehead atoms. The van der Waals surface area contributed by atoms with E-state index in [1.165, 1.54) is 0 Å². The number of rotatable bonds is 3. The number of ether oxygens (including phenoxy) is 3. The van der Waals surface area contributed by atoms with Crippen LogP contribution in [0.5, 0.6) is 5.75 Å². The van der Waals surface area contributed by atoms with Gasteiger partial charge in [0.1, 0.15) is 24.1 Å². The van der Waals surface area contributed by atoms with E-state index in [2.05, 4.69) is 20.9 Å². The number of morpholine rings is 1. The Hall–Kier alpha value is -1.86. The fourth-order valence-corrected chi connectivity index (χ4v) is 3.95. The second-order valence-electron chi connectivity index (χ2n) is 9.10. The van der Waals surface area contributed by atoms with Crippen LogP contribution in [0.25, 0.3) is 10.9 Å². The number of nitrogens with zero attached hydrogens (tertiary/aromatic N) is 2. The molecule has 158 valence electrons. The molecular weight excluding hydrogens is 436 g/mol. The molecule has 0 aliphatic carbocycles. The van der Waals surface area contributed by atoms with Crippen LogP contribution in [0.4, 0.5) is 4.79 Å². The van der Waals surface area contributed by atoms with E-state index in [1.807, 2.05) is 59.7 Å². The van der Waals surface area contributed by atoms with Crippen LogP contribution in [0, 0.1) is 6.92 Å². The average Bonchev–Trinajstić information content (AvgIpc) is 2.56. The highest BCUT2D eigenvalue weighted by Crippen LogP contribution is 2.32. The number of carbonyl (C=O) groups is 1. The Morgan fingerprint density at radius 3 is 2.79 bits per heavy atom. The van der Waals surface area contributed by atoms with E-state index in [1.54, 1.807) is 11.1 Å².